The lowest BCUT2D eigenvalue weighted by molar-refractivity contribution is 0.131. The largest absolute Gasteiger partial charge is 0.496 e. The van der Waals surface area contributed by atoms with E-state index in [2.05, 4.69) is 82.5 Å². The highest BCUT2D eigenvalue weighted by Gasteiger charge is 2.62. The first-order valence-corrected chi connectivity index (χ1v) is 16.6. The first kappa shape index (κ1) is 31.8. The van der Waals surface area contributed by atoms with E-state index in [0.29, 0.717) is 36.5 Å². The Morgan fingerprint density at radius 3 is 2.00 bits per heavy atom. The number of aliphatic hydroxyl groups excluding tert-OH is 1. The van der Waals surface area contributed by atoms with Crippen LogP contribution in [0, 0.1) is 0 Å². The van der Waals surface area contributed by atoms with E-state index in [0.717, 1.165) is 17.6 Å². The third-order valence-electron chi connectivity index (χ3n) is 8.32. The molecule has 3 atom stereocenters. The van der Waals surface area contributed by atoms with Crippen LogP contribution in [0.3, 0.4) is 0 Å². The maximum atomic E-state index is 12.0. The third kappa shape index (κ3) is 6.13. The van der Waals surface area contributed by atoms with Gasteiger partial charge in [0.2, 0.25) is 0 Å². The molecule has 0 unspecified atom stereocenters. The van der Waals surface area contributed by atoms with Crippen LogP contribution in [0.2, 0.25) is 5.04 Å². The van der Waals surface area contributed by atoms with Gasteiger partial charge in [-0.1, -0.05) is 99.7 Å². The first-order valence-electron chi connectivity index (χ1n) is 14.6. The number of benzene rings is 3. The highest BCUT2D eigenvalue weighted by Crippen LogP contribution is 2.52. The van der Waals surface area contributed by atoms with Crippen molar-refractivity contribution in [3.05, 3.63) is 109 Å². The SMILES string of the molecule is C=CCC[C@]1(CO[Si](c2ccccc2)(c2ccccc2)C(C)(C)C)O[C@H]1[C@H](O)c1c(OC)ccc(OC)c1CC(=C)C. The average Bonchev–Trinajstić information content (AvgIpc) is 3.70. The number of rotatable bonds is 14. The van der Waals surface area contributed by atoms with Crippen LogP contribution in [0.25, 0.3) is 0 Å². The van der Waals surface area contributed by atoms with Gasteiger partial charge in [-0.05, 0) is 53.7 Å². The summed E-state index contributed by atoms with van der Waals surface area (Å²) in [5.41, 5.74) is 1.81. The molecule has 6 heteroatoms. The number of hydrogen-bond acceptors (Lipinski definition) is 5. The van der Waals surface area contributed by atoms with Crippen LogP contribution < -0.4 is 19.8 Å². The number of allylic oxidation sites excluding steroid dienone is 2. The van der Waals surface area contributed by atoms with Gasteiger partial charge in [0.15, 0.2) is 0 Å². The van der Waals surface area contributed by atoms with E-state index in [1.54, 1.807) is 14.2 Å². The van der Waals surface area contributed by atoms with Crippen molar-refractivity contribution in [1.29, 1.82) is 0 Å². The molecule has 0 aliphatic carbocycles. The van der Waals surface area contributed by atoms with Crippen LogP contribution in [0.1, 0.15) is 57.8 Å². The molecule has 0 aromatic heterocycles. The zero-order valence-corrected chi connectivity index (χ0v) is 27.0. The van der Waals surface area contributed by atoms with Gasteiger partial charge < -0.3 is 23.7 Å². The summed E-state index contributed by atoms with van der Waals surface area (Å²) in [5.74, 6) is 1.29. The molecule has 3 aromatic rings. The van der Waals surface area contributed by atoms with Crippen LogP contribution in [-0.4, -0.2) is 46.0 Å². The van der Waals surface area contributed by atoms with Gasteiger partial charge in [0.05, 0.1) is 20.8 Å². The van der Waals surface area contributed by atoms with Crippen molar-refractivity contribution < 1.29 is 23.7 Å². The van der Waals surface area contributed by atoms with Crippen molar-refractivity contribution in [2.75, 3.05) is 20.8 Å². The quantitative estimate of drug-likeness (QED) is 0.132. The van der Waals surface area contributed by atoms with Crippen LogP contribution in [-0.2, 0) is 15.6 Å². The van der Waals surface area contributed by atoms with Crippen molar-refractivity contribution in [1.82, 2.24) is 0 Å². The second kappa shape index (κ2) is 13.0. The average molecular weight is 587 g/mol. The fraction of sp³-hybridized carbons (Fsp3) is 0.389. The predicted octanol–water partition coefficient (Wildman–Crippen LogP) is 6.54. The topological polar surface area (TPSA) is 60.5 Å². The van der Waals surface area contributed by atoms with E-state index in [1.807, 2.05) is 37.3 Å². The smallest absolute Gasteiger partial charge is 0.261 e. The Labute approximate surface area is 252 Å². The van der Waals surface area contributed by atoms with Gasteiger partial charge in [-0.2, -0.15) is 0 Å². The molecule has 1 aliphatic heterocycles. The van der Waals surface area contributed by atoms with Gasteiger partial charge in [0.25, 0.3) is 8.32 Å². The molecule has 4 rings (SSSR count). The van der Waals surface area contributed by atoms with E-state index in [1.165, 1.54) is 10.4 Å². The summed E-state index contributed by atoms with van der Waals surface area (Å²) in [6.07, 6.45) is 2.43. The minimum Gasteiger partial charge on any atom is -0.496 e. The normalized spacial score (nSPS) is 19.2. The number of hydrogen-bond donors (Lipinski definition) is 1. The Balaban J connectivity index is 1.77. The van der Waals surface area contributed by atoms with E-state index < -0.39 is 26.1 Å². The lowest BCUT2D eigenvalue weighted by Gasteiger charge is -2.43. The third-order valence-corrected chi connectivity index (χ3v) is 13.3. The second-order valence-corrected chi connectivity index (χ2v) is 16.6. The van der Waals surface area contributed by atoms with E-state index in [-0.39, 0.29) is 5.04 Å². The van der Waals surface area contributed by atoms with Crippen LogP contribution in [0.5, 0.6) is 11.5 Å². The number of methoxy groups -OCH3 is 2. The zero-order valence-electron chi connectivity index (χ0n) is 26.0. The van der Waals surface area contributed by atoms with Gasteiger partial charge in [-0.25, -0.2) is 0 Å². The fourth-order valence-corrected chi connectivity index (χ4v) is 10.9. The lowest BCUT2D eigenvalue weighted by Crippen LogP contribution is -2.67. The summed E-state index contributed by atoms with van der Waals surface area (Å²) >= 11 is 0. The van der Waals surface area contributed by atoms with Crippen molar-refractivity contribution in [2.24, 2.45) is 0 Å². The van der Waals surface area contributed by atoms with Gasteiger partial charge >= 0.3 is 0 Å². The van der Waals surface area contributed by atoms with Gasteiger partial charge in [0.1, 0.15) is 29.3 Å². The molecule has 42 heavy (non-hydrogen) atoms. The molecule has 5 nitrogen and oxygen atoms in total. The Morgan fingerprint density at radius 1 is 0.976 bits per heavy atom. The Bertz CT molecular complexity index is 1330. The predicted molar refractivity (Wildman–Crippen MR) is 174 cm³/mol. The van der Waals surface area contributed by atoms with E-state index >= 15 is 0 Å². The molecule has 3 aromatic carbocycles. The van der Waals surface area contributed by atoms with Crippen molar-refractivity contribution in [2.45, 2.75) is 69.8 Å². The summed E-state index contributed by atoms with van der Waals surface area (Å²) < 4.78 is 25.3. The summed E-state index contributed by atoms with van der Waals surface area (Å²) in [4.78, 5) is 0. The summed E-state index contributed by atoms with van der Waals surface area (Å²) in [6, 6.07) is 24.9. The van der Waals surface area contributed by atoms with Crippen LogP contribution in [0.4, 0.5) is 0 Å². The molecule has 0 radical (unpaired) electrons. The van der Waals surface area contributed by atoms with Gasteiger partial charge in [-0.15, -0.1) is 6.58 Å². The molecule has 0 saturated carbocycles. The van der Waals surface area contributed by atoms with E-state index in [9.17, 15) is 5.11 Å². The molecule has 0 spiro atoms. The number of ether oxygens (including phenoxy) is 3. The molecule has 0 bridgehead atoms. The van der Waals surface area contributed by atoms with Crippen molar-refractivity contribution in [3.63, 3.8) is 0 Å². The molecule has 1 N–H and O–H groups in total. The molecular weight excluding hydrogens is 540 g/mol. The Hall–Kier alpha value is -3.16. The van der Waals surface area contributed by atoms with E-state index in [4.69, 9.17) is 18.6 Å². The maximum Gasteiger partial charge on any atom is 0.261 e. The summed E-state index contributed by atoms with van der Waals surface area (Å²) in [6.45, 7) is 17.2. The minimum atomic E-state index is -2.81. The summed E-state index contributed by atoms with van der Waals surface area (Å²) in [5, 5.41) is 14.2. The molecular formula is C36H46O5Si. The minimum absolute atomic E-state index is 0.178. The standard InChI is InChI=1S/C36H46O5Si/c1-9-10-23-36(34(41-36)33(37)32-29(24-26(2)3)30(38-7)21-22-31(32)39-8)25-40-42(35(4,5)6,27-17-13-11-14-18-27)28-19-15-12-16-20-28/h9,11-22,33-34,37H,1-2,10,23-25H2,3-8H3/t33-,34+,36-/m1/s1. The molecule has 1 heterocycles. The zero-order chi connectivity index (χ0) is 30.5. The van der Waals surface area contributed by atoms with Crippen LogP contribution >= 0.6 is 0 Å². The molecule has 0 amide bonds. The molecule has 224 valence electrons. The molecule has 1 aliphatic rings. The van der Waals surface area contributed by atoms with Gasteiger partial charge in [0, 0.05) is 11.1 Å². The molecule has 1 saturated heterocycles. The summed E-state index contributed by atoms with van der Waals surface area (Å²) in [7, 11) is 0.446. The number of aliphatic hydroxyl groups is 1. The highest BCUT2D eigenvalue weighted by molar-refractivity contribution is 6.99. The Morgan fingerprint density at radius 2 is 1.52 bits per heavy atom. The maximum absolute atomic E-state index is 12.0. The monoisotopic (exact) mass is 586 g/mol. The first-order chi connectivity index (χ1) is 20.0. The Kier molecular flexibility index (Phi) is 9.83. The fourth-order valence-electron chi connectivity index (χ4n) is 6.25. The van der Waals surface area contributed by atoms with Gasteiger partial charge in [-0.3, -0.25) is 0 Å². The number of epoxide rings is 1. The van der Waals surface area contributed by atoms with Crippen molar-refractivity contribution in [3.8, 4) is 11.5 Å². The highest BCUT2D eigenvalue weighted by atomic mass is 28.4. The lowest BCUT2D eigenvalue weighted by atomic mass is 9.89. The van der Waals surface area contributed by atoms with Crippen molar-refractivity contribution >= 4 is 18.7 Å². The second-order valence-electron chi connectivity index (χ2n) is 12.3. The molecule has 1 fully saturated rings. The van der Waals surface area contributed by atoms with Crippen LogP contribution in [0.15, 0.2) is 97.6 Å².